The molecule has 0 saturated carbocycles. The van der Waals surface area contributed by atoms with E-state index in [1.54, 1.807) is 0 Å². The summed E-state index contributed by atoms with van der Waals surface area (Å²) in [5.74, 6) is 0.376. The Morgan fingerprint density at radius 3 is 1.12 bits per heavy atom. The van der Waals surface area contributed by atoms with Crippen LogP contribution in [0.25, 0.3) is 0 Å². The standard InChI is InChI=1S/C51H104N4O2.2CH4/c1-5-9-13-17-21-26-32-38-52(39-33-27-22-18-14-10-6-2)42-43-54(41-35-29-23-19-15-11-7-3)50-51(56)55-46-44-53(45-47-55)40-34-28-24-20-25-31-37-49-57-48-36-30-16-12-8-4;;/h5-50H2,1-4H3;2*1H4. The molecule has 6 heteroatoms. The Morgan fingerprint density at radius 1 is 0.390 bits per heavy atom. The molecule has 1 heterocycles. The fraction of sp³-hybridized carbons (Fsp3) is 0.981. The number of amides is 1. The average Bonchev–Trinajstić information content (AvgIpc) is 3.22. The molecule has 0 unspecified atom stereocenters. The summed E-state index contributed by atoms with van der Waals surface area (Å²) in [5.41, 5.74) is 0. The van der Waals surface area contributed by atoms with E-state index in [4.69, 9.17) is 4.74 Å². The van der Waals surface area contributed by atoms with Crippen molar-refractivity contribution >= 4 is 5.91 Å². The van der Waals surface area contributed by atoms with E-state index >= 15 is 0 Å². The van der Waals surface area contributed by atoms with Gasteiger partial charge in [-0.3, -0.25) is 14.6 Å². The lowest BCUT2D eigenvalue weighted by molar-refractivity contribution is -0.134. The van der Waals surface area contributed by atoms with Crippen LogP contribution in [-0.2, 0) is 9.53 Å². The fourth-order valence-corrected chi connectivity index (χ4v) is 8.61. The Kier molecular flexibility index (Phi) is 49.5. The predicted octanol–water partition coefficient (Wildman–Crippen LogP) is 15.0. The van der Waals surface area contributed by atoms with E-state index in [-0.39, 0.29) is 14.9 Å². The van der Waals surface area contributed by atoms with Crippen molar-refractivity contribution in [1.29, 1.82) is 0 Å². The van der Waals surface area contributed by atoms with Crippen LogP contribution in [0.3, 0.4) is 0 Å². The smallest absolute Gasteiger partial charge is 0.236 e. The molecule has 0 atom stereocenters. The van der Waals surface area contributed by atoms with Crippen molar-refractivity contribution in [2.45, 2.75) is 254 Å². The van der Waals surface area contributed by atoms with Crippen LogP contribution in [0.4, 0.5) is 0 Å². The van der Waals surface area contributed by atoms with Gasteiger partial charge in [0.2, 0.25) is 5.91 Å². The number of ether oxygens (including phenoxy) is 1. The summed E-state index contributed by atoms with van der Waals surface area (Å²) >= 11 is 0. The second kappa shape index (κ2) is 48.3. The van der Waals surface area contributed by atoms with Crippen LogP contribution in [0.15, 0.2) is 0 Å². The third kappa shape index (κ3) is 39.9. The predicted molar refractivity (Wildman–Crippen MR) is 265 cm³/mol. The molecule has 0 radical (unpaired) electrons. The quantitative estimate of drug-likeness (QED) is 0.0572. The second-order valence-corrected chi connectivity index (χ2v) is 18.2. The average molecular weight is 838 g/mol. The SMILES string of the molecule is C.C.CCCCCCCCCN(CCCCCCCCC)CCN(CCCCCCCCC)CC(=O)N1CCN(CCCCCCCCCOCCCCCCC)CC1. The van der Waals surface area contributed by atoms with Crippen LogP contribution in [0.2, 0.25) is 0 Å². The molecule has 0 bridgehead atoms. The summed E-state index contributed by atoms with van der Waals surface area (Å²) < 4.78 is 5.84. The zero-order valence-corrected chi connectivity index (χ0v) is 39.6. The third-order valence-corrected chi connectivity index (χ3v) is 12.7. The summed E-state index contributed by atoms with van der Waals surface area (Å²) in [6, 6.07) is 0. The summed E-state index contributed by atoms with van der Waals surface area (Å²) in [5, 5.41) is 0. The first-order valence-corrected chi connectivity index (χ1v) is 26.2. The molecular formula is C53H112N4O2. The van der Waals surface area contributed by atoms with Crippen LogP contribution in [-0.4, -0.2) is 111 Å². The van der Waals surface area contributed by atoms with E-state index in [1.165, 1.54) is 232 Å². The van der Waals surface area contributed by atoms with Gasteiger partial charge in [-0.15, -0.1) is 0 Å². The van der Waals surface area contributed by atoms with E-state index in [0.29, 0.717) is 12.5 Å². The van der Waals surface area contributed by atoms with Crippen LogP contribution < -0.4 is 0 Å². The zero-order valence-electron chi connectivity index (χ0n) is 39.6. The van der Waals surface area contributed by atoms with Crippen molar-refractivity contribution in [2.24, 2.45) is 0 Å². The minimum Gasteiger partial charge on any atom is -0.381 e. The Bertz CT molecular complexity index is 786. The van der Waals surface area contributed by atoms with Gasteiger partial charge in [0.1, 0.15) is 0 Å². The highest BCUT2D eigenvalue weighted by Gasteiger charge is 2.23. The maximum atomic E-state index is 13.8. The molecule has 1 rings (SSSR count). The molecule has 0 aliphatic carbocycles. The first-order chi connectivity index (χ1) is 28.1. The molecule has 0 aromatic carbocycles. The molecule has 59 heavy (non-hydrogen) atoms. The lowest BCUT2D eigenvalue weighted by Crippen LogP contribution is -2.51. The Morgan fingerprint density at radius 2 is 0.712 bits per heavy atom. The van der Waals surface area contributed by atoms with Gasteiger partial charge in [-0.05, 0) is 64.7 Å². The number of carbonyl (C=O) groups excluding carboxylic acids is 1. The van der Waals surface area contributed by atoms with Gasteiger partial charge >= 0.3 is 0 Å². The fourth-order valence-electron chi connectivity index (χ4n) is 8.61. The highest BCUT2D eigenvalue weighted by Crippen LogP contribution is 2.14. The summed E-state index contributed by atoms with van der Waals surface area (Å²) in [4.78, 5) is 23.9. The van der Waals surface area contributed by atoms with Crippen LogP contribution in [0.1, 0.15) is 254 Å². The van der Waals surface area contributed by atoms with E-state index in [1.807, 2.05) is 0 Å². The number of piperazine rings is 1. The normalized spacial score (nSPS) is 13.4. The first kappa shape index (κ1) is 60.4. The molecule has 1 fully saturated rings. The van der Waals surface area contributed by atoms with Crippen molar-refractivity contribution in [3.63, 3.8) is 0 Å². The van der Waals surface area contributed by atoms with Gasteiger partial charge < -0.3 is 14.5 Å². The molecule has 1 aliphatic rings. The van der Waals surface area contributed by atoms with E-state index < -0.39 is 0 Å². The summed E-state index contributed by atoms with van der Waals surface area (Å²) in [6.45, 7) is 22.6. The number of unbranched alkanes of at least 4 members (excludes halogenated alkanes) is 28. The second-order valence-electron chi connectivity index (χ2n) is 18.2. The first-order valence-electron chi connectivity index (χ1n) is 26.2. The third-order valence-electron chi connectivity index (χ3n) is 12.7. The Balaban J connectivity index is 0. The number of nitrogens with zero attached hydrogens (tertiary/aromatic N) is 4. The number of hydrogen-bond donors (Lipinski definition) is 0. The maximum absolute atomic E-state index is 13.8. The molecule has 0 N–H and O–H groups in total. The van der Waals surface area contributed by atoms with Crippen molar-refractivity contribution in [1.82, 2.24) is 19.6 Å². The van der Waals surface area contributed by atoms with Crippen LogP contribution in [0, 0.1) is 0 Å². The molecule has 1 aliphatic heterocycles. The molecule has 0 aromatic rings. The van der Waals surface area contributed by atoms with E-state index in [9.17, 15) is 4.79 Å². The minimum absolute atomic E-state index is 0. The lowest BCUT2D eigenvalue weighted by atomic mass is 10.1. The minimum atomic E-state index is 0. The molecule has 356 valence electrons. The van der Waals surface area contributed by atoms with Crippen molar-refractivity contribution in [2.75, 3.05) is 85.2 Å². The number of carbonyl (C=O) groups is 1. The largest absolute Gasteiger partial charge is 0.381 e. The van der Waals surface area contributed by atoms with Gasteiger partial charge in [-0.25, -0.2) is 0 Å². The summed E-state index contributed by atoms with van der Waals surface area (Å²) in [6.07, 6.45) is 44.5. The van der Waals surface area contributed by atoms with Gasteiger partial charge in [-0.1, -0.05) is 216 Å². The highest BCUT2D eigenvalue weighted by molar-refractivity contribution is 5.78. The van der Waals surface area contributed by atoms with Gasteiger partial charge in [0.25, 0.3) is 0 Å². The molecule has 6 nitrogen and oxygen atoms in total. The molecule has 0 aromatic heterocycles. The molecule has 1 saturated heterocycles. The summed E-state index contributed by atoms with van der Waals surface area (Å²) in [7, 11) is 0. The topological polar surface area (TPSA) is 39.3 Å². The number of hydrogen-bond acceptors (Lipinski definition) is 5. The monoisotopic (exact) mass is 837 g/mol. The van der Waals surface area contributed by atoms with Crippen molar-refractivity contribution in [3.05, 3.63) is 0 Å². The van der Waals surface area contributed by atoms with Gasteiger partial charge in [0.15, 0.2) is 0 Å². The van der Waals surface area contributed by atoms with Crippen LogP contribution in [0.5, 0.6) is 0 Å². The Labute approximate surface area is 373 Å². The molecule has 1 amide bonds. The molecule has 0 spiro atoms. The highest BCUT2D eigenvalue weighted by atomic mass is 16.5. The van der Waals surface area contributed by atoms with E-state index in [0.717, 1.165) is 59.0 Å². The zero-order chi connectivity index (χ0) is 41.1. The van der Waals surface area contributed by atoms with Crippen molar-refractivity contribution in [3.8, 4) is 0 Å². The van der Waals surface area contributed by atoms with Gasteiger partial charge in [0, 0.05) is 52.5 Å². The lowest BCUT2D eigenvalue weighted by Gasteiger charge is -2.36. The Hall–Kier alpha value is -0.690. The molecular weight excluding hydrogens is 725 g/mol. The van der Waals surface area contributed by atoms with Gasteiger partial charge in [-0.2, -0.15) is 0 Å². The number of rotatable bonds is 45. The van der Waals surface area contributed by atoms with Crippen LogP contribution >= 0.6 is 0 Å². The maximum Gasteiger partial charge on any atom is 0.236 e. The van der Waals surface area contributed by atoms with Gasteiger partial charge in [0.05, 0.1) is 6.54 Å². The van der Waals surface area contributed by atoms with Crippen molar-refractivity contribution < 1.29 is 9.53 Å². The van der Waals surface area contributed by atoms with E-state index in [2.05, 4.69) is 47.3 Å².